The number of aryl methyl sites for hydroxylation is 1. The fourth-order valence-electron chi connectivity index (χ4n) is 2.69. The first-order chi connectivity index (χ1) is 9.49. The molecule has 1 atom stereocenters. The number of hydrogen-bond donors (Lipinski definition) is 0. The Morgan fingerprint density at radius 2 is 2.30 bits per heavy atom. The van der Waals surface area contributed by atoms with E-state index in [0.717, 1.165) is 32.5 Å². The predicted molar refractivity (Wildman–Crippen MR) is 79.1 cm³/mol. The number of rotatable bonds is 5. The number of nitrogens with zero attached hydrogens (tertiary/aromatic N) is 4. The van der Waals surface area contributed by atoms with E-state index in [4.69, 9.17) is 0 Å². The number of anilines is 1. The van der Waals surface area contributed by atoms with Crippen LogP contribution in [0.3, 0.4) is 0 Å². The SMILES string of the molecule is Cc1ccnc(N2CCC(CCN(C)C)C2)c1[N+](=O)[O-]. The van der Waals surface area contributed by atoms with Crippen LogP contribution in [0.1, 0.15) is 18.4 Å². The van der Waals surface area contributed by atoms with Gasteiger partial charge < -0.3 is 9.80 Å². The van der Waals surface area contributed by atoms with Gasteiger partial charge in [-0.25, -0.2) is 4.98 Å². The van der Waals surface area contributed by atoms with Gasteiger partial charge in [-0.2, -0.15) is 0 Å². The van der Waals surface area contributed by atoms with Gasteiger partial charge in [0.25, 0.3) is 0 Å². The van der Waals surface area contributed by atoms with Crippen molar-refractivity contribution in [2.75, 3.05) is 38.6 Å². The van der Waals surface area contributed by atoms with E-state index in [1.54, 1.807) is 19.2 Å². The normalized spacial score (nSPS) is 18.8. The third kappa shape index (κ3) is 3.25. The van der Waals surface area contributed by atoms with Gasteiger partial charge in [-0.3, -0.25) is 10.1 Å². The lowest BCUT2D eigenvalue weighted by atomic mass is 10.1. The van der Waals surface area contributed by atoms with Crippen LogP contribution < -0.4 is 4.90 Å². The van der Waals surface area contributed by atoms with Crippen molar-refractivity contribution >= 4 is 11.5 Å². The summed E-state index contributed by atoms with van der Waals surface area (Å²) in [4.78, 5) is 19.4. The van der Waals surface area contributed by atoms with Gasteiger partial charge in [-0.1, -0.05) is 0 Å². The summed E-state index contributed by atoms with van der Waals surface area (Å²) < 4.78 is 0. The van der Waals surface area contributed by atoms with Gasteiger partial charge in [0.2, 0.25) is 5.82 Å². The average molecular weight is 278 g/mol. The van der Waals surface area contributed by atoms with E-state index in [-0.39, 0.29) is 10.6 Å². The minimum Gasteiger partial charge on any atom is -0.351 e. The smallest absolute Gasteiger partial charge is 0.314 e. The second-order valence-corrected chi connectivity index (χ2v) is 5.75. The molecule has 20 heavy (non-hydrogen) atoms. The summed E-state index contributed by atoms with van der Waals surface area (Å²) in [5.41, 5.74) is 0.831. The molecular weight excluding hydrogens is 256 g/mol. The number of aromatic nitrogens is 1. The Hall–Kier alpha value is -1.69. The Morgan fingerprint density at radius 1 is 1.55 bits per heavy atom. The molecule has 1 saturated heterocycles. The topological polar surface area (TPSA) is 62.5 Å². The lowest BCUT2D eigenvalue weighted by Crippen LogP contribution is -2.23. The van der Waals surface area contributed by atoms with Gasteiger partial charge in [-0.15, -0.1) is 0 Å². The van der Waals surface area contributed by atoms with Gasteiger partial charge in [0.05, 0.1) is 4.92 Å². The Labute approximate surface area is 119 Å². The summed E-state index contributed by atoms with van der Waals surface area (Å²) in [5.74, 6) is 1.13. The third-order valence-corrected chi connectivity index (χ3v) is 3.86. The molecule has 6 nitrogen and oxygen atoms in total. The molecule has 0 bridgehead atoms. The molecule has 1 aromatic rings. The summed E-state index contributed by atoms with van der Waals surface area (Å²) in [7, 11) is 4.14. The van der Waals surface area contributed by atoms with Gasteiger partial charge in [0.15, 0.2) is 0 Å². The molecule has 2 heterocycles. The molecule has 0 aliphatic carbocycles. The van der Waals surface area contributed by atoms with E-state index in [1.807, 2.05) is 0 Å². The summed E-state index contributed by atoms with van der Waals surface area (Å²) in [6.07, 6.45) is 3.87. The Morgan fingerprint density at radius 3 is 2.95 bits per heavy atom. The molecule has 0 radical (unpaired) electrons. The first kappa shape index (κ1) is 14.7. The highest BCUT2D eigenvalue weighted by atomic mass is 16.6. The molecule has 1 fully saturated rings. The van der Waals surface area contributed by atoms with Crippen molar-refractivity contribution < 1.29 is 4.92 Å². The largest absolute Gasteiger partial charge is 0.351 e. The predicted octanol–water partition coefficient (Wildman–Crippen LogP) is 2.08. The van der Waals surface area contributed by atoms with Crippen molar-refractivity contribution in [2.24, 2.45) is 5.92 Å². The van der Waals surface area contributed by atoms with E-state index in [1.165, 1.54) is 0 Å². The quantitative estimate of drug-likeness (QED) is 0.609. The fraction of sp³-hybridized carbons (Fsp3) is 0.643. The molecule has 1 aliphatic rings. The van der Waals surface area contributed by atoms with Crippen molar-refractivity contribution in [1.82, 2.24) is 9.88 Å². The zero-order valence-electron chi connectivity index (χ0n) is 12.4. The maximum Gasteiger partial charge on any atom is 0.314 e. The number of pyridine rings is 1. The third-order valence-electron chi connectivity index (χ3n) is 3.86. The van der Waals surface area contributed by atoms with Crippen LogP contribution in [0.15, 0.2) is 12.3 Å². The van der Waals surface area contributed by atoms with E-state index < -0.39 is 0 Å². The summed E-state index contributed by atoms with van der Waals surface area (Å²) in [6, 6.07) is 1.70. The lowest BCUT2D eigenvalue weighted by Gasteiger charge is -2.18. The number of hydrogen-bond acceptors (Lipinski definition) is 5. The Kier molecular flexibility index (Phi) is 4.54. The van der Waals surface area contributed by atoms with Crippen LogP contribution in [0.25, 0.3) is 0 Å². The summed E-state index contributed by atoms with van der Waals surface area (Å²) in [6.45, 7) is 4.55. The van der Waals surface area contributed by atoms with Gasteiger partial charge in [0, 0.05) is 24.8 Å². The molecule has 0 amide bonds. The van der Waals surface area contributed by atoms with Crippen molar-refractivity contribution in [3.05, 3.63) is 27.9 Å². The highest BCUT2D eigenvalue weighted by molar-refractivity contribution is 5.61. The minimum absolute atomic E-state index is 0.153. The molecule has 1 aromatic heterocycles. The highest BCUT2D eigenvalue weighted by Crippen LogP contribution is 2.33. The molecule has 2 rings (SSSR count). The minimum atomic E-state index is -0.315. The average Bonchev–Trinajstić information content (AvgIpc) is 2.84. The maximum absolute atomic E-state index is 11.2. The Bertz CT molecular complexity index is 490. The zero-order valence-corrected chi connectivity index (χ0v) is 12.4. The number of nitro groups is 1. The summed E-state index contributed by atoms with van der Waals surface area (Å²) >= 11 is 0. The van der Waals surface area contributed by atoms with Crippen molar-refractivity contribution in [3.63, 3.8) is 0 Å². The Balaban J connectivity index is 2.10. The monoisotopic (exact) mass is 278 g/mol. The van der Waals surface area contributed by atoms with E-state index in [0.29, 0.717) is 17.3 Å². The van der Waals surface area contributed by atoms with E-state index in [2.05, 4.69) is 28.9 Å². The molecule has 0 saturated carbocycles. The van der Waals surface area contributed by atoms with Crippen LogP contribution in [-0.4, -0.2) is 48.5 Å². The van der Waals surface area contributed by atoms with Crippen molar-refractivity contribution in [1.29, 1.82) is 0 Å². The molecule has 1 unspecified atom stereocenters. The van der Waals surface area contributed by atoms with Crippen molar-refractivity contribution in [3.8, 4) is 0 Å². The van der Waals surface area contributed by atoms with E-state index >= 15 is 0 Å². The summed E-state index contributed by atoms with van der Waals surface area (Å²) in [5, 5.41) is 11.2. The van der Waals surface area contributed by atoms with Crippen LogP contribution in [0.4, 0.5) is 11.5 Å². The van der Waals surface area contributed by atoms with Crippen LogP contribution in [0, 0.1) is 23.0 Å². The van der Waals surface area contributed by atoms with Crippen LogP contribution >= 0.6 is 0 Å². The molecular formula is C14H22N4O2. The zero-order chi connectivity index (χ0) is 14.7. The van der Waals surface area contributed by atoms with Crippen LogP contribution in [-0.2, 0) is 0 Å². The molecule has 6 heteroatoms. The molecule has 0 aromatic carbocycles. The van der Waals surface area contributed by atoms with E-state index in [9.17, 15) is 10.1 Å². The first-order valence-corrected chi connectivity index (χ1v) is 6.98. The highest BCUT2D eigenvalue weighted by Gasteiger charge is 2.29. The fourth-order valence-corrected chi connectivity index (χ4v) is 2.69. The van der Waals surface area contributed by atoms with Crippen LogP contribution in [0.2, 0.25) is 0 Å². The first-order valence-electron chi connectivity index (χ1n) is 6.98. The van der Waals surface area contributed by atoms with Crippen molar-refractivity contribution in [2.45, 2.75) is 19.8 Å². The maximum atomic E-state index is 11.2. The second-order valence-electron chi connectivity index (χ2n) is 5.75. The lowest BCUT2D eigenvalue weighted by molar-refractivity contribution is -0.384. The second kappa shape index (κ2) is 6.17. The van der Waals surface area contributed by atoms with Gasteiger partial charge in [0.1, 0.15) is 0 Å². The van der Waals surface area contributed by atoms with Gasteiger partial charge >= 0.3 is 5.69 Å². The van der Waals surface area contributed by atoms with Crippen LogP contribution in [0.5, 0.6) is 0 Å². The molecule has 110 valence electrons. The van der Waals surface area contributed by atoms with Gasteiger partial charge in [-0.05, 0) is 52.4 Å². The molecule has 1 aliphatic heterocycles. The molecule has 0 N–H and O–H groups in total. The molecule has 0 spiro atoms. The standard InChI is InChI=1S/C14H22N4O2/c1-11-4-7-15-14(13(11)18(19)20)17-9-6-12(10-17)5-8-16(2)3/h4,7,12H,5-6,8-10H2,1-3H3.